The molecule has 0 amide bonds. The summed E-state index contributed by atoms with van der Waals surface area (Å²) >= 11 is 0. The van der Waals surface area contributed by atoms with Gasteiger partial charge in [-0.25, -0.2) is 4.79 Å². The first-order valence-corrected chi connectivity index (χ1v) is 7.28. The van der Waals surface area contributed by atoms with Crippen LogP contribution in [0.15, 0.2) is 20.8 Å². The monoisotopic (exact) mass is 323 g/mol. The van der Waals surface area contributed by atoms with Crippen LogP contribution in [0, 0.1) is 0 Å². The first-order valence-electron chi connectivity index (χ1n) is 7.28. The lowest BCUT2D eigenvalue weighted by molar-refractivity contribution is -0.197. The van der Waals surface area contributed by atoms with Crippen molar-refractivity contribution >= 4 is 5.82 Å². The van der Waals surface area contributed by atoms with Gasteiger partial charge in [-0.05, 0) is 30.9 Å². The van der Waals surface area contributed by atoms with Crippen LogP contribution in [0.5, 0.6) is 0 Å². The topological polar surface area (TPSA) is 131 Å². The molecular formula is C13H17N5O5. The van der Waals surface area contributed by atoms with Crippen molar-refractivity contribution in [2.24, 2.45) is 5.11 Å². The molecule has 23 heavy (non-hydrogen) atoms. The van der Waals surface area contributed by atoms with Gasteiger partial charge in [-0.1, -0.05) is 6.92 Å². The summed E-state index contributed by atoms with van der Waals surface area (Å²) in [6, 6.07) is 1.04. The van der Waals surface area contributed by atoms with Gasteiger partial charge in [-0.2, -0.15) is 0 Å². The van der Waals surface area contributed by atoms with Crippen molar-refractivity contribution in [3.05, 3.63) is 37.3 Å². The smallest absolute Gasteiger partial charge is 0.330 e. The Morgan fingerprint density at radius 2 is 2.09 bits per heavy atom. The second-order valence-electron chi connectivity index (χ2n) is 5.89. The molecule has 0 saturated carbocycles. The largest absolute Gasteiger partial charge is 0.349 e. The van der Waals surface area contributed by atoms with Gasteiger partial charge >= 0.3 is 5.69 Å². The van der Waals surface area contributed by atoms with E-state index >= 15 is 0 Å². The highest BCUT2D eigenvalue weighted by atomic mass is 16.8. The molecule has 0 spiro atoms. The number of aromatic nitrogens is 2. The molecule has 0 aliphatic carbocycles. The Labute approximate surface area is 130 Å². The molecule has 2 aliphatic rings. The van der Waals surface area contributed by atoms with Crippen LogP contribution in [-0.4, -0.2) is 33.7 Å². The van der Waals surface area contributed by atoms with Crippen LogP contribution < -0.4 is 11.2 Å². The summed E-state index contributed by atoms with van der Waals surface area (Å²) in [5.41, 5.74) is 7.29. The number of nitrogens with one attached hydrogen (secondary N) is 1. The first-order chi connectivity index (χ1) is 10.9. The minimum Gasteiger partial charge on any atom is -0.349 e. The van der Waals surface area contributed by atoms with Gasteiger partial charge in [0.2, 0.25) is 0 Å². The van der Waals surface area contributed by atoms with E-state index in [0.717, 1.165) is 10.6 Å². The highest BCUT2D eigenvalue weighted by molar-refractivity contribution is 5.26. The molecule has 10 nitrogen and oxygen atoms in total. The molecule has 3 rings (SSSR count). The van der Waals surface area contributed by atoms with Crippen molar-refractivity contribution in [2.75, 3.05) is 0 Å². The second-order valence-corrected chi connectivity index (χ2v) is 5.89. The fourth-order valence-corrected chi connectivity index (χ4v) is 3.06. The van der Waals surface area contributed by atoms with Gasteiger partial charge in [0.05, 0.1) is 6.10 Å². The molecule has 0 bridgehead atoms. The van der Waals surface area contributed by atoms with E-state index < -0.39 is 29.4 Å². The van der Waals surface area contributed by atoms with E-state index in [1.807, 2.05) is 6.92 Å². The van der Waals surface area contributed by atoms with Crippen molar-refractivity contribution in [3.63, 3.8) is 0 Å². The van der Waals surface area contributed by atoms with E-state index in [-0.39, 0.29) is 18.0 Å². The number of hydrogen-bond donors (Lipinski definition) is 1. The minimum atomic E-state index is -0.850. The zero-order chi connectivity index (χ0) is 16.8. The molecule has 10 heteroatoms. The molecule has 2 saturated heterocycles. The molecule has 1 unspecified atom stereocenters. The maximum absolute atomic E-state index is 12.2. The molecule has 2 fully saturated rings. The molecule has 1 aromatic heterocycles. The third-order valence-electron chi connectivity index (χ3n) is 3.89. The summed E-state index contributed by atoms with van der Waals surface area (Å²) in [5.74, 6) is -0.940. The number of rotatable bonds is 3. The molecule has 124 valence electrons. The van der Waals surface area contributed by atoms with E-state index in [2.05, 4.69) is 15.0 Å². The van der Waals surface area contributed by atoms with Gasteiger partial charge in [0.1, 0.15) is 18.0 Å². The fraction of sp³-hybridized carbons (Fsp3) is 0.692. The maximum atomic E-state index is 12.2. The summed E-state index contributed by atoms with van der Waals surface area (Å²) in [4.78, 5) is 28.5. The molecule has 1 aromatic rings. The fourth-order valence-electron chi connectivity index (χ4n) is 3.06. The molecule has 3 heterocycles. The van der Waals surface area contributed by atoms with E-state index in [1.165, 1.54) is 0 Å². The van der Waals surface area contributed by atoms with Crippen molar-refractivity contribution < 1.29 is 14.2 Å². The average molecular weight is 323 g/mol. The predicted octanol–water partition coefficient (Wildman–Crippen LogP) is 1.31. The number of hydrogen-bond acceptors (Lipinski definition) is 6. The zero-order valence-electron chi connectivity index (χ0n) is 12.9. The van der Waals surface area contributed by atoms with Crippen LogP contribution in [0.4, 0.5) is 5.82 Å². The molecule has 0 aromatic carbocycles. The number of nitrogens with zero attached hydrogens (tertiary/aromatic N) is 4. The molecule has 1 N–H and O–H groups in total. The van der Waals surface area contributed by atoms with Crippen molar-refractivity contribution in [2.45, 2.75) is 57.5 Å². The summed E-state index contributed by atoms with van der Waals surface area (Å²) in [7, 11) is 0. The van der Waals surface area contributed by atoms with Gasteiger partial charge in [0.25, 0.3) is 5.56 Å². The van der Waals surface area contributed by atoms with Crippen LogP contribution in [0.2, 0.25) is 0 Å². The third-order valence-corrected chi connectivity index (χ3v) is 3.89. The lowest BCUT2D eigenvalue weighted by atomic mass is 10.1. The third kappa shape index (κ3) is 2.66. The lowest BCUT2D eigenvalue weighted by Gasteiger charge is -2.25. The summed E-state index contributed by atoms with van der Waals surface area (Å²) in [5, 5.41) is 3.42. The number of H-pyrrole nitrogens is 1. The van der Waals surface area contributed by atoms with Crippen LogP contribution in [0.1, 0.15) is 33.4 Å². The molecule has 4 atom stereocenters. The maximum Gasteiger partial charge on any atom is 0.330 e. The summed E-state index contributed by atoms with van der Waals surface area (Å²) in [6.07, 6.45) is -1.36. The standard InChI is InChI=1S/C13H17N5O5/c1-4-6-9-10(23-13(2,3)22-9)11(21-6)18-7(16-17-14)5-8(19)15-12(18)20/h5-6,9-11H,4H2,1-3H3,(H,15,19,20)/t6-,9+,10?,11-/m1/s1. The van der Waals surface area contributed by atoms with E-state index in [9.17, 15) is 9.59 Å². The van der Waals surface area contributed by atoms with E-state index in [1.54, 1.807) is 13.8 Å². The highest BCUT2D eigenvalue weighted by Gasteiger charge is 2.55. The zero-order valence-corrected chi connectivity index (χ0v) is 12.9. The van der Waals surface area contributed by atoms with Crippen molar-refractivity contribution in [1.29, 1.82) is 0 Å². The molecule has 0 radical (unpaired) electrons. The van der Waals surface area contributed by atoms with E-state index in [0.29, 0.717) is 6.42 Å². The quantitative estimate of drug-likeness (QED) is 0.509. The Kier molecular flexibility index (Phi) is 3.77. The van der Waals surface area contributed by atoms with Crippen LogP contribution in [0.3, 0.4) is 0 Å². The molecule has 2 aliphatic heterocycles. The van der Waals surface area contributed by atoms with Crippen LogP contribution in [0.25, 0.3) is 10.4 Å². The van der Waals surface area contributed by atoms with Crippen LogP contribution >= 0.6 is 0 Å². The van der Waals surface area contributed by atoms with Gasteiger partial charge in [-0.3, -0.25) is 14.3 Å². The number of fused-ring (bicyclic) bond motifs is 1. The molecular weight excluding hydrogens is 306 g/mol. The number of azide groups is 1. The predicted molar refractivity (Wildman–Crippen MR) is 78.2 cm³/mol. The Hall–Kier alpha value is -2.13. The SMILES string of the molecule is CC[C@H]1O[C@@H](n2c(N=[N+]=[N-])cc(=O)[nH]c2=O)C2OC(C)(C)O[C@H]21. The van der Waals surface area contributed by atoms with Gasteiger partial charge in [0, 0.05) is 11.0 Å². The Morgan fingerprint density at radius 1 is 1.39 bits per heavy atom. The summed E-state index contributed by atoms with van der Waals surface area (Å²) < 4.78 is 18.7. The Morgan fingerprint density at radius 3 is 2.74 bits per heavy atom. The summed E-state index contributed by atoms with van der Waals surface area (Å²) in [6.45, 7) is 5.49. The van der Waals surface area contributed by atoms with Gasteiger partial charge in [0.15, 0.2) is 12.0 Å². The highest BCUT2D eigenvalue weighted by Crippen LogP contribution is 2.44. The Balaban J connectivity index is 2.10. The minimum absolute atomic E-state index is 0.130. The van der Waals surface area contributed by atoms with Crippen LogP contribution in [-0.2, 0) is 14.2 Å². The normalized spacial score (nSPS) is 31.6. The number of ether oxygens (including phenoxy) is 3. The van der Waals surface area contributed by atoms with Gasteiger partial charge < -0.3 is 14.2 Å². The van der Waals surface area contributed by atoms with Crippen molar-refractivity contribution in [1.82, 2.24) is 9.55 Å². The van der Waals surface area contributed by atoms with Gasteiger partial charge in [-0.15, -0.1) is 0 Å². The van der Waals surface area contributed by atoms with Crippen molar-refractivity contribution in [3.8, 4) is 0 Å². The number of aromatic amines is 1. The van der Waals surface area contributed by atoms with E-state index in [4.69, 9.17) is 19.7 Å². The average Bonchev–Trinajstić information content (AvgIpc) is 2.92. The second kappa shape index (κ2) is 5.50. The lowest BCUT2D eigenvalue weighted by Crippen LogP contribution is -2.37. The first kappa shape index (κ1) is 15.8. The Bertz CT molecular complexity index is 778.